The summed E-state index contributed by atoms with van der Waals surface area (Å²) in [7, 11) is 0. The summed E-state index contributed by atoms with van der Waals surface area (Å²) >= 11 is 0. The minimum atomic E-state index is -0.216. The summed E-state index contributed by atoms with van der Waals surface area (Å²) < 4.78 is 11.0. The van der Waals surface area contributed by atoms with Gasteiger partial charge in [-0.3, -0.25) is 4.79 Å². The molecule has 1 amide bonds. The first-order valence-corrected chi connectivity index (χ1v) is 5.97. The molecular formula is C14H18N2O3. The molecule has 0 atom stereocenters. The molecule has 0 saturated carbocycles. The lowest BCUT2D eigenvalue weighted by Gasteiger charge is -2.11. The highest BCUT2D eigenvalue weighted by Crippen LogP contribution is 2.28. The summed E-state index contributed by atoms with van der Waals surface area (Å²) in [5.41, 5.74) is 3.15. The van der Waals surface area contributed by atoms with Crippen LogP contribution in [0.4, 0.5) is 0 Å². The van der Waals surface area contributed by atoms with Gasteiger partial charge < -0.3 is 9.47 Å². The molecule has 1 aromatic carbocycles. The SMILES string of the molecule is C=CCOc1ccc(/C=N/NC(C)=O)cc1OCC. The zero-order valence-electron chi connectivity index (χ0n) is 11.2. The number of carbonyl (C=O) groups excluding carboxylic acids is 1. The predicted molar refractivity (Wildman–Crippen MR) is 74.7 cm³/mol. The Morgan fingerprint density at radius 3 is 2.84 bits per heavy atom. The molecule has 5 nitrogen and oxygen atoms in total. The Kier molecular flexibility index (Phi) is 6.15. The Hall–Kier alpha value is -2.30. The molecule has 0 aliphatic rings. The summed E-state index contributed by atoms with van der Waals surface area (Å²) in [5.74, 6) is 1.07. The van der Waals surface area contributed by atoms with Crippen molar-refractivity contribution in [3.8, 4) is 11.5 Å². The van der Waals surface area contributed by atoms with Gasteiger partial charge in [-0.25, -0.2) is 5.43 Å². The van der Waals surface area contributed by atoms with Crippen LogP contribution in [0.3, 0.4) is 0 Å². The minimum absolute atomic E-state index is 0.216. The first-order valence-electron chi connectivity index (χ1n) is 5.97. The van der Waals surface area contributed by atoms with Crippen LogP contribution in [0.25, 0.3) is 0 Å². The molecular weight excluding hydrogens is 244 g/mol. The van der Waals surface area contributed by atoms with Crippen molar-refractivity contribution in [2.75, 3.05) is 13.2 Å². The van der Waals surface area contributed by atoms with Crippen LogP contribution >= 0.6 is 0 Å². The maximum absolute atomic E-state index is 10.7. The van der Waals surface area contributed by atoms with Gasteiger partial charge in [0.2, 0.25) is 5.91 Å². The van der Waals surface area contributed by atoms with Crippen LogP contribution in [0.15, 0.2) is 36.0 Å². The maximum atomic E-state index is 10.7. The van der Waals surface area contributed by atoms with E-state index in [-0.39, 0.29) is 5.91 Å². The van der Waals surface area contributed by atoms with Crippen molar-refractivity contribution in [1.29, 1.82) is 0 Å². The summed E-state index contributed by atoms with van der Waals surface area (Å²) in [6.07, 6.45) is 3.21. The van der Waals surface area contributed by atoms with Crippen molar-refractivity contribution in [3.63, 3.8) is 0 Å². The summed E-state index contributed by atoms with van der Waals surface area (Å²) in [4.78, 5) is 10.7. The van der Waals surface area contributed by atoms with Gasteiger partial charge in [0.25, 0.3) is 0 Å². The van der Waals surface area contributed by atoms with E-state index < -0.39 is 0 Å². The fourth-order valence-corrected chi connectivity index (χ4v) is 1.34. The summed E-state index contributed by atoms with van der Waals surface area (Å²) in [6.45, 7) is 7.85. The highest BCUT2D eigenvalue weighted by atomic mass is 16.5. The molecule has 0 spiro atoms. The molecule has 0 aromatic heterocycles. The Bertz CT molecular complexity index is 470. The van der Waals surface area contributed by atoms with Crippen molar-refractivity contribution in [3.05, 3.63) is 36.4 Å². The van der Waals surface area contributed by atoms with Gasteiger partial charge in [0.15, 0.2) is 11.5 Å². The minimum Gasteiger partial charge on any atom is -0.490 e. The van der Waals surface area contributed by atoms with E-state index in [0.29, 0.717) is 24.7 Å². The molecule has 5 heteroatoms. The second kappa shape index (κ2) is 7.92. The fourth-order valence-electron chi connectivity index (χ4n) is 1.34. The standard InChI is InChI=1S/C14H18N2O3/c1-4-8-19-13-7-6-12(9-14(13)18-5-2)10-15-16-11(3)17/h4,6-7,9-10H,1,5,8H2,2-3H3,(H,16,17)/b15-10+. The average Bonchev–Trinajstić information content (AvgIpc) is 2.38. The van der Waals surface area contributed by atoms with Crippen molar-refractivity contribution in [1.82, 2.24) is 5.43 Å². The largest absolute Gasteiger partial charge is 0.490 e. The van der Waals surface area contributed by atoms with E-state index in [2.05, 4.69) is 17.1 Å². The topological polar surface area (TPSA) is 59.9 Å². The van der Waals surface area contributed by atoms with Crippen LogP contribution < -0.4 is 14.9 Å². The van der Waals surface area contributed by atoms with Crippen molar-refractivity contribution < 1.29 is 14.3 Å². The Morgan fingerprint density at radius 2 is 2.21 bits per heavy atom. The van der Waals surface area contributed by atoms with E-state index in [1.165, 1.54) is 6.92 Å². The normalized spacial score (nSPS) is 10.2. The number of nitrogens with zero attached hydrogens (tertiary/aromatic N) is 1. The van der Waals surface area contributed by atoms with E-state index in [0.717, 1.165) is 5.56 Å². The second-order valence-corrected chi connectivity index (χ2v) is 3.67. The third kappa shape index (κ3) is 5.25. The predicted octanol–water partition coefficient (Wildman–Crippen LogP) is 2.12. The molecule has 1 rings (SSSR count). The number of hydrogen-bond donors (Lipinski definition) is 1. The fraction of sp³-hybridized carbons (Fsp3) is 0.286. The Morgan fingerprint density at radius 1 is 1.42 bits per heavy atom. The molecule has 0 unspecified atom stereocenters. The van der Waals surface area contributed by atoms with Gasteiger partial charge in [0.1, 0.15) is 6.61 Å². The third-order valence-corrected chi connectivity index (χ3v) is 2.06. The molecule has 102 valence electrons. The van der Waals surface area contributed by atoms with Gasteiger partial charge >= 0.3 is 0 Å². The lowest BCUT2D eigenvalue weighted by molar-refractivity contribution is -0.118. The number of hydrogen-bond acceptors (Lipinski definition) is 4. The van der Waals surface area contributed by atoms with Crippen LogP contribution in [-0.2, 0) is 4.79 Å². The Balaban J connectivity index is 2.84. The third-order valence-electron chi connectivity index (χ3n) is 2.06. The van der Waals surface area contributed by atoms with Crippen molar-refractivity contribution in [2.24, 2.45) is 5.10 Å². The molecule has 0 radical (unpaired) electrons. The van der Waals surface area contributed by atoms with Gasteiger partial charge in [0.05, 0.1) is 12.8 Å². The highest BCUT2D eigenvalue weighted by molar-refractivity contribution is 5.82. The van der Waals surface area contributed by atoms with E-state index in [1.54, 1.807) is 24.4 Å². The number of rotatable bonds is 7. The second-order valence-electron chi connectivity index (χ2n) is 3.67. The summed E-state index contributed by atoms with van der Waals surface area (Å²) in [5, 5.41) is 3.80. The van der Waals surface area contributed by atoms with Gasteiger partial charge in [-0.1, -0.05) is 12.7 Å². The van der Waals surface area contributed by atoms with E-state index in [1.807, 2.05) is 13.0 Å². The average molecular weight is 262 g/mol. The van der Waals surface area contributed by atoms with Gasteiger partial charge in [-0.15, -0.1) is 0 Å². The lowest BCUT2D eigenvalue weighted by Crippen LogP contribution is -2.12. The number of ether oxygens (including phenoxy) is 2. The number of benzene rings is 1. The Labute approximate surface area is 112 Å². The molecule has 0 aliphatic carbocycles. The number of hydrazone groups is 1. The first kappa shape index (κ1) is 14.8. The molecule has 0 aliphatic heterocycles. The smallest absolute Gasteiger partial charge is 0.236 e. The maximum Gasteiger partial charge on any atom is 0.236 e. The lowest BCUT2D eigenvalue weighted by atomic mass is 10.2. The number of carbonyl (C=O) groups is 1. The number of nitrogens with one attached hydrogen (secondary N) is 1. The molecule has 0 fully saturated rings. The van der Waals surface area contributed by atoms with E-state index in [4.69, 9.17) is 9.47 Å². The van der Waals surface area contributed by atoms with Gasteiger partial charge in [0, 0.05) is 6.92 Å². The van der Waals surface area contributed by atoms with Crippen LogP contribution in [-0.4, -0.2) is 25.3 Å². The zero-order chi connectivity index (χ0) is 14.1. The van der Waals surface area contributed by atoms with Crippen molar-refractivity contribution in [2.45, 2.75) is 13.8 Å². The van der Waals surface area contributed by atoms with Gasteiger partial charge in [-0.05, 0) is 30.7 Å². The van der Waals surface area contributed by atoms with Crippen molar-refractivity contribution >= 4 is 12.1 Å². The molecule has 1 aromatic rings. The van der Waals surface area contributed by atoms with Crippen LogP contribution in [0.1, 0.15) is 19.4 Å². The summed E-state index contributed by atoms with van der Waals surface area (Å²) in [6, 6.07) is 5.42. The quantitative estimate of drug-likeness (QED) is 0.465. The molecule has 0 heterocycles. The van der Waals surface area contributed by atoms with Crippen LogP contribution in [0, 0.1) is 0 Å². The zero-order valence-corrected chi connectivity index (χ0v) is 11.2. The van der Waals surface area contributed by atoms with E-state index >= 15 is 0 Å². The molecule has 0 saturated heterocycles. The first-order chi connectivity index (χ1) is 9.17. The monoisotopic (exact) mass is 262 g/mol. The van der Waals surface area contributed by atoms with Gasteiger partial charge in [-0.2, -0.15) is 5.10 Å². The number of amides is 1. The van der Waals surface area contributed by atoms with Crippen LogP contribution in [0.2, 0.25) is 0 Å². The van der Waals surface area contributed by atoms with E-state index in [9.17, 15) is 4.79 Å². The van der Waals surface area contributed by atoms with Crippen LogP contribution in [0.5, 0.6) is 11.5 Å². The highest BCUT2D eigenvalue weighted by Gasteiger charge is 2.05. The molecule has 0 bridgehead atoms. The molecule has 1 N–H and O–H groups in total. The molecule has 19 heavy (non-hydrogen) atoms.